The van der Waals surface area contributed by atoms with Crippen molar-refractivity contribution in [1.29, 1.82) is 0 Å². The lowest BCUT2D eigenvalue weighted by atomic mass is 10.2. The molecule has 1 aromatic heterocycles. The van der Waals surface area contributed by atoms with Crippen LogP contribution in [0.3, 0.4) is 0 Å². The van der Waals surface area contributed by atoms with E-state index in [1.165, 1.54) is 0 Å². The van der Waals surface area contributed by atoms with E-state index in [1.54, 1.807) is 4.57 Å². The zero-order chi connectivity index (χ0) is 14.8. The predicted molar refractivity (Wildman–Crippen MR) is 89.0 cm³/mol. The van der Waals surface area contributed by atoms with Gasteiger partial charge in [0.05, 0.1) is 16.6 Å². The number of fused-ring (bicyclic) bond motifs is 1. The molecule has 2 aromatic carbocycles. The summed E-state index contributed by atoms with van der Waals surface area (Å²) in [6, 6.07) is 15.3. The van der Waals surface area contributed by atoms with Crippen LogP contribution in [0.1, 0.15) is 19.2 Å². The maximum Gasteiger partial charge on any atom is 0.267 e. The van der Waals surface area contributed by atoms with E-state index in [0.29, 0.717) is 5.39 Å². The highest BCUT2D eigenvalue weighted by molar-refractivity contribution is 9.10. The number of para-hydroxylation sites is 1. The van der Waals surface area contributed by atoms with Crippen molar-refractivity contribution in [2.24, 2.45) is 0 Å². The summed E-state index contributed by atoms with van der Waals surface area (Å²) in [5.41, 5.74) is 1.57. The van der Waals surface area contributed by atoms with Gasteiger partial charge in [-0.25, -0.2) is 4.98 Å². The van der Waals surface area contributed by atoms with Crippen molar-refractivity contribution in [3.05, 3.63) is 69.2 Å². The Morgan fingerprint density at radius 1 is 1.10 bits per heavy atom. The van der Waals surface area contributed by atoms with Gasteiger partial charge in [-0.3, -0.25) is 9.36 Å². The van der Waals surface area contributed by atoms with Gasteiger partial charge in [-0.1, -0.05) is 31.2 Å². The first-order valence-corrected chi connectivity index (χ1v) is 7.77. The highest BCUT2D eigenvalue weighted by Crippen LogP contribution is 2.21. The summed E-state index contributed by atoms with van der Waals surface area (Å²) in [5.74, 6) is 0.805. The van der Waals surface area contributed by atoms with E-state index in [0.717, 1.165) is 34.3 Å². The Hall–Kier alpha value is -1.94. The minimum Gasteiger partial charge on any atom is -0.268 e. The monoisotopic (exact) mass is 342 g/mol. The van der Waals surface area contributed by atoms with E-state index in [4.69, 9.17) is 4.98 Å². The summed E-state index contributed by atoms with van der Waals surface area (Å²) in [4.78, 5) is 17.6. The Labute approximate surface area is 131 Å². The molecule has 0 bridgehead atoms. The second-order valence-corrected chi connectivity index (χ2v) is 5.74. The minimum absolute atomic E-state index is 0.0258. The quantitative estimate of drug-likeness (QED) is 0.718. The van der Waals surface area contributed by atoms with Crippen molar-refractivity contribution < 1.29 is 0 Å². The van der Waals surface area contributed by atoms with E-state index in [1.807, 2.05) is 48.5 Å². The number of nitrogens with zero attached hydrogens (tertiary/aromatic N) is 2. The molecule has 1 heterocycles. The number of hydrogen-bond donors (Lipinski definition) is 0. The van der Waals surface area contributed by atoms with E-state index in [9.17, 15) is 4.79 Å². The lowest BCUT2D eigenvalue weighted by molar-refractivity contribution is 0.774. The fourth-order valence-corrected chi connectivity index (χ4v) is 3.00. The largest absolute Gasteiger partial charge is 0.268 e. The molecule has 0 saturated carbocycles. The molecule has 0 spiro atoms. The van der Waals surface area contributed by atoms with Gasteiger partial charge in [0.25, 0.3) is 5.56 Å². The van der Waals surface area contributed by atoms with E-state index in [-0.39, 0.29) is 5.56 Å². The number of aromatic nitrogens is 2. The van der Waals surface area contributed by atoms with Crippen LogP contribution in [0.25, 0.3) is 16.6 Å². The minimum atomic E-state index is -0.0258. The first-order valence-electron chi connectivity index (χ1n) is 6.98. The Kier molecular flexibility index (Phi) is 3.88. The molecule has 0 amide bonds. The zero-order valence-electron chi connectivity index (χ0n) is 11.7. The average molecular weight is 343 g/mol. The van der Waals surface area contributed by atoms with E-state index >= 15 is 0 Å². The Morgan fingerprint density at radius 3 is 2.57 bits per heavy atom. The third kappa shape index (κ3) is 2.51. The highest BCUT2D eigenvalue weighted by atomic mass is 79.9. The third-order valence-electron chi connectivity index (χ3n) is 3.40. The molecule has 0 unspecified atom stereocenters. The number of aryl methyl sites for hydroxylation is 1. The molecule has 106 valence electrons. The first kappa shape index (κ1) is 14.0. The van der Waals surface area contributed by atoms with Crippen LogP contribution in [0.15, 0.2) is 57.8 Å². The molecular formula is C17H15BrN2O. The van der Waals surface area contributed by atoms with Crippen LogP contribution < -0.4 is 5.56 Å². The molecule has 4 heteroatoms. The second-order valence-electron chi connectivity index (χ2n) is 4.89. The molecule has 0 aliphatic rings. The molecule has 3 aromatic rings. The fraction of sp³-hybridized carbons (Fsp3) is 0.176. The second kappa shape index (κ2) is 5.82. The first-order chi connectivity index (χ1) is 10.2. The summed E-state index contributed by atoms with van der Waals surface area (Å²) in [6.45, 7) is 2.09. The van der Waals surface area contributed by atoms with Crippen LogP contribution in [-0.2, 0) is 6.42 Å². The van der Waals surface area contributed by atoms with Crippen LogP contribution in [0, 0.1) is 0 Å². The van der Waals surface area contributed by atoms with Crippen molar-refractivity contribution in [3.8, 4) is 5.69 Å². The molecule has 0 radical (unpaired) electrons. The summed E-state index contributed by atoms with van der Waals surface area (Å²) in [6.07, 6.45) is 1.71. The summed E-state index contributed by atoms with van der Waals surface area (Å²) < 4.78 is 2.50. The molecule has 3 rings (SSSR count). The fourth-order valence-electron chi connectivity index (χ4n) is 2.47. The maximum absolute atomic E-state index is 12.9. The van der Waals surface area contributed by atoms with Crippen molar-refractivity contribution in [3.63, 3.8) is 0 Å². The number of halogens is 1. The van der Waals surface area contributed by atoms with Gasteiger partial charge in [0.2, 0.25) is 0 Å². The smallest absolute Gasteiger partial charge is 0.267 e. The van der Waals surface area contributed by atoms with Crippen LogP contribution in [0.2, 0.25) is 0 Å². The number of hydrogen-bond acceptors (Lipinski definition) is 2. The van der Waals surface area contributed by atoms with Gasteiger partial charge in [-0.2, -0.15) is 0 Å². The molecule has 0 fully saturated rings. The molecule has 3 nitrogen and oxygen atoms in total. The van der Waals surface area contributed by atoms with Crippen LogP contribution in [0.5, 0.6) is 0 Å². The summed E-state index contributed by atoms with van der Waals surface area (Å²) in [5, 5.41) is 0.626. The topological polar surface area (TPSA) is 34.9 Å². The predicted octanol–water partition coefficient (Wildman–Crippen LogP) is 4.10. The Morgan fingerprint density at radius 2 is 1.86 bits per heavy atom. The van der Waals surface area contributed by atoms with Crippen molar-refractivity contribution in [2.75, 3.05) is 0 Å². The van der Waals surface area contributed by atoms with Crippen LogP contribution >= 0.6 is 15.9 Å². The van der Waals surface area contributed by atoms with E-state index < -0.39 is 0 Å². The van der Waals surface area contributed by atoms with Gasteiger partial charge in [0.15, 0.2) is 0 Å². The number of rotatable bonds is 3. The van der Waals surface area contributed by atoms with Crippen LogP contribution in [-0.4, -0.2) is 9.55 Å². The molecule has 0 aliphatic carbocycles. The highest BCUT2D eigenvalue weighted by Gasteiger charge is 2.13. The third-order valence-corrected chi connectivity index (χ3v) is 4.07. The van der Waals surface area contributed by atoms with E-state index in [2.05, 4.69) is 22.9 Å². The van der Waals surface area contributed by atoms with Crippen LogP contribution in [0.4, 0.5) is 0 Å². The number of benzene rings is 2. The van der Waals surface area contributed by atoms with Gasteiger partial charge in [-0.15, -0.1) is 0 Å². The molecule has 0 N–H and O–H groups in total. The molecule has 0 atom stereocenters. The van der Waals surface area contributed by atoms with Gasteiger partial charge in [-0.05, 0) is 46.6 Å². The van der Waals surface area contributed by atoms with Gasteiger partial charge >= 0.3 is 0 Å². The van der Waals surface area contributed by atoms with Gasteiger partial charge in [0, 0.05) is 10.9 Å². The van der Waals surface area contributed by atoms with Crippen molar-refractivity contribution in [1.82, 2.24) is 9.55 Å². The average Bonchev–Trinajstić information content (AvgIpc) is 2.48. The SMILES string of the molecule is CCCc1nc2cccc(Br)c2c(=O)n1-c1ccccc1. The lowest BCUT2D eigenvalue weighted by Crippen LogP contribution is -2.24. The normalized spacial score (nSPS) is 11.0. The molecule has 0 aliphatic heterocycles. The molecular weight excluding hydrogens is 328 g/mol. The zero-order valence-corrected chi connectivity index (χ0v) is 13.3. The Bertz CT molecular complexity index is 841. The van der Waals surface area contributed by atoms with Gasteiger partial charge < -0.3 is 0 Å². The summed E-state index contributed by atoms with van der Waals surface area (Å²) in [7, 11) is 0. The standard InChI is InChI=1S/C17H15BrN2O/c1-2-7-15-19-14-11-6-10-13(18)16(14)17(21)20(15)12-8-4-3-5-9-12/h3-6,8-11H,2,7H2,1H3. The van der Waals surface area contributed by atoms with Gasteiger partial charge in [0.1, 0.15) is 5.82 Å². The van der Waals surface area contributed by atoms with Crippen molar-refractivity contribution in [2.45, 2.75) is 19.8 Å². The Balaban J connectivity index is 2.41. The molecule has 0 saturated heterocycles. The lowest BCUT2D eigenvalue weighted by Gasteiger charge is -2.13. The van der Waals surface area contributed by atoms with Crippen molar-refractivity contribution >= 4 is 26.8 Å². The molecule has 21 heavy (non-hydrogen) atoms. The maximum atomic E-state index is 12.9. The summed E-state index contributed by atoms with van der Waals surface area (Å²) >= 11 is 3.46.